The summed E-state index contributed by atoms with van der Waals surface area (Å²) in [5, 5.41) is 5.60. The van der Waals surface area contributed by atoms with E-state index < -0.39 is 34.6 Å². The average molecular weight is 645 g/mol. The highest BCUT2D eigenvalue weighted by molar-refractivity contribution is 7.89. The molecule has 0 amide bonds. The molecule has 0 saturated carbocycles. The molecule has 3 heterocycles. The van der Waals surface area contributed by atoms with Gasteiger partial charge in [0.25, 0.3) is 0 Å². The van der Waals surface area contributed by atoms with E-state index in [1.54, 1.807) is 18.2 Å². The van der Waals surface area contributed by atoms with Gasteiger partial charge in [-0.25, -0.2) is 12.8 Å². The van der Waals surface area contributed by atoms with Crippen LogP contribution in [0.3, 0.4) is 0 Å². The lowest BCUT2D eigenvalue weighted by Crippen LogP contribution is -2.42. The number of anilines is 3. The van der Waals surface area contributed by atoms with E-state index in [0.29, 0.717) is 25.0 Å². The number of halogens is 5. The molecule has 0 aliphatic carbocycles. The van der Waals surface area contributed by atoms with E-state index in [9.17, 15) is 26.0 Å². The van der Waals surface area contributed by atoms with E-state index in [1.165, 1.54) is 16.4 Å². The normalized spacial score (nSPS) is 17.6. The second-order valence-electron chi connectivity index (χ2n) is 10.9. The molecule has 1 saturated heterocycles. The van der Waals surface area contributed by atoms with Gasteiger partial charge in [0, 0.05) is 24.8 Å². The third-order valence-electron chi connectivity index (χ3n) is 7.00. The Labute approximate surface area is 250 Å². The third kappa shape index (κ3) is 7.75. The first-order chi connectivity index (χ1) is 20.2. The van der Waals surface area contributed by atoms with Gasteiger partial charge in [0.15, 0.2) is 6.61 Å². The van der Waals surface area contributed by atoms with Crippen molar-refractivity contribution >= 4 is 39.2 Å². The Morgan fingerprint density at radius 1 is 1.09 bits per heavy atom. The number of aromatic nitrogens is 3. The Morgan fingerprint density at radius 2 is 1.81 bits per heavy atom. The molecule has 0 unspecified atom stereocenters. The Bertz CT molecular complexity index is 1600. The molecule has 5 rings (SSSR count). The summed E-state index contributed by atoms with van der Waals surface area (Å²) in [6.07, 6.45) is -2.39. The zero-order chi connectivity index (χ0) is 31.0. The molecule has 3 aromatic rings. The van der Waals surface area contributed by atoms with Gasteiger partial charge in [0.05, 0.1) is 9.92 Å². The van der Waals surface area contributed by atoms with Crippen LogP contribution in [0.1, 0.15) is 38.7 Å². The highest BCUT2D eigenvalue weighted by Crippen LogP contribution is 2.35. The predicted molar refractivity (Wildman–Crippen MR) is 151 cm³/mol. The van der Waals surface area contributed by atoms with Crippen molar-refractivity contribution < 1.29 is 35.5 Å². The molecule has 10 nitrogen and oxygen atoms in total. The van der Waals surface area contributed by atoms with E-state index >= 15 is 0 Å². The van der Waals surface area contributed by atoms with Gasteiger partial charge in [0.1, 0.15) is 17.2 Å². The summed E-state index contributed by atoms with van der Waals surface area (Å²) in [5.74, 6) is -0.221. The number of hydrogen-bond acceptors (Lipinski definition) is 9. The van der Waals surface area contributed by atoms with Crippen LogP contribution in [0.2, 0.25) is 5.02 Å². The SMILES string of the molecule is CC1(C)CCc2cc(S(=O)(=O)N3CCC(Nc4nc(Nc5ccc(F)c(Cl)c5)nc(OCC(F)(F)F)n4)CC3)ccc2O1. The summed E-state index contributed by atoms with van der Waals surface area (Å²) in [6, 6.07) is 7.74. The monoisotopic (exact) mass is 644 g/mol. The smallest absolute Gasteiger partial charge is 0.422 e. The molecular weight excluding hydrogens is 616 g/mol. The van der Waals surface area contributed by atoms with Crippen molar-refractivity contribution in [2.24, 2.45) is 0 Å². The number of ether oxygens (including phenoxy) is 2. The van der Waals surface area contributed by atoms with Gasteiger partial charge >= 0.3 is 12.2 Å². The predicted octanol–water partition coefficient (Wildman–Crippen LogP) is 5.72. The van der Waals surface area contributed by atoms with Crippen LogP contribution >= 0.6 is 11.6 Å². The highest BCUT2D eigenvalue weighted by atomic mass is 35.5. The molecule has 16 heteroatoms. The van der Waals surface area contributed by atoms with Crippen LogP contribution in [0.15, 0.2) is 41.3 Å². The molecule has 2 aliphatic rings. The van der Waals surface area contributed by atoms with Crippen LogP contribution in [-0.4, -0.2) is 65.2 Å². The quantitative estimate of drug-likeness (QED) is 0.297. The summed E-state index contributed by atoms with van der Waals surface area (Å²) in [6.45, 7) is 2.75. The van der Waals surface area contributed by atoms with Crippen LogP contribution in [0.4, 0.5) is 35.1 Å². The molecule has 232 valence electrons. The van der Waals surface area contributed by atoms with Crippen molar-refractivity contribution in [1.82, 2.24) is 19.3 Å². The number of alkyl halides is 3. The summed E-state index contributed by atoms with van der Waals surface area (Å²) in [4.78, 5) is 12.2. The van der Waals surface area contributed by atoms with Crippen LogP contribution in [-0.2, 0) is 16.4 Å². The van der Waals surface area contributed by atoms with Crippen molar-refractivity contribution in [3.05, 3.63) is 52.8 Å². The third-order valence-corrected chi connectivity index (χ3v) is 9.18. The Balaban J connectivity index is 1.27. The lowest BCUT2D eigenvalue weighted by molar-refractivity contribution is -0.154. The van der Waals surface area contributed by atoms with Gasteiger partial charge in [-0.3, -0.25) is 0 Å². The molecule has 0 spiro atoms. The van der Waals surface area contributed by atoms with Gasteiger partial charge in [-0.1, -0.05) is 11.6 Å². The number of benzene rings is 2. The first-order valence-electron chi connectivity index (χ1n) is 13.4. The zero-order valence-corrected chi connectivity index (χ0v) is 24.8. The topological polar surface area (TPSA) is 119 Å². The Hall–Kier alpha value is -3.43. The van der Waals surface area contributed by atoms with Crippen molar-refractivity contribution in [2.45, 2.75) is 62.2 Å². The molecule has 0 atom stereocenters. The maximum atomic E-state index is 13.5. The van der Waals surface area contributed by atoms with Gasteiger partial charge in [-0.2, -0.15) is 32.4 Å². The minimum Gasteiger partial charge on any atom is -0.488 e. The van der Waals surface area contributed by atoms with Gasteiger partial charge in [-0.15, -0.1) is 0 Å². The van der Waals surface area contributed by atoms with Crippen LogP contribution < -0.4 is 20.1 Å². The summed E-state index contributed by atoms with van der Waals surface area (Å²) < 4.78 is 90.8. The lowest BCUT2D eigenvalue weighted by Gasteiger charge is -2.34. The van der Waals surface area contributed by atoms with Crippen molar-refractivity contribution in [1.29, 1.82) is 0 Å². The first kappa shape index (κ1) is 31.0. The molecule has 0 radical (unpaired) electrons. The van der Waals surface area contributed by atoms with Crippen LogP contribution in [0.5, 0.6) is 11.8 Å². The molecular formula is C27H29ClF4N6O4S. The molecule has 2 N–H and O–H groups in total. The van der Waals surface area contributed by atoms with E-state index in [0.717, 1.165) is 18.1 Å². The van der Waals surface area contributed by atoms with Gasteiger partial charge in [-0.05, 0) is 81.5 Å². The maximum Gasteiger partial charge on any atom is 0.422 e. The van der Waals surface area contributed by atoms with E-state index in [1.807, 2.05) is 13.8 Å². The van der Waals surface area contributed by atoms with Gasteiger partial charge < -0.3 is 20.1 Å². The molecule has 2 aliphatic heterocycles. The number of piperidine rings is 1. The number of fused-ring (bicyclic) bond motifs is 1. The Morgan fingerprint density at radius 3 is 2.51 bits per heavy atom. The van der Waals surface area contributed by atoms with E-state index in [4.69, 9.17) is 21.1 Å². The summed E-state index contributed by atoms with van der Waals surface area (Å²) >= 11 is 5.81. The van der Waals surface area contributed by atoms with Gasteiger partial charge in [0.2, 0.25) is 21.9 Å². The minimum atomic E-state index is -4.63. The Kier molecular flexibility index (Phi) is 8.60. The second-order valence-corrected chi connectivity index (χ2v) is 13.2. The molecule has 43 heavy (non-hydrogen) atoms. The fraction of sp³-hybridized carbons (Fsp3) is 0.444. The van der Waals surface area contributed by atoms with Crippen LogP contribution in [0.25, 0.3) is 0 Å². The van der Waals surface area contributed by atoms with E-state index in [2.05, 4.69) is 25.6 Å². The number of rotatable bonds is 8. The second kappa shape index (κ2) is 11.9. The fourth-order valence-electron chi connectivity index (χ4n) is 4.76. The van der Waals surface area contributed by atoms with Crippen molar-refractivity contribution in [3.63, 3.8) is 0 Å². The molecule has 2 aromatic carbocycles. The zero-order valence-electron chi connectivity index (χ0n) is 23.2. The fourth-order valence-corrected chi connectivity index (χ4v) is 6.46. The van der Waals surface area contributed by atoms with Crippen molar-refractivity contribution in [3.8, 4) is 11.8 Å². The molecule has 0 bridgehead atoms. The summed E-state index contributed by atoms with van der Waals surface area (Å²) in [7, 11) is -3.76. The highest BCUT2D eigenvalue weighted by Gasteiger charge is 2.33. The number of nitrogens with zero attached hydrogens (tertiary/aromatic N) is 4. The largest absolute Gasteiger partial charge is 0.488 e. The number of nitrogens with one attached hydrogen (secondary N) is 2. The summed E-state index contributed by atoms with van der Waals surface area (Å²) in [5.41, 5.74) is 0.821. The average Bonchev–Trinajstić information content (AvgIpc) is 2.93. The number of sulfonamides is 1. The van der Waals surface area contributed by atoms with Crippen LogP contribution in [0, 0.1) is 5.82 Å². The number of aryl methyl sites for hydroxylation is 1. The standard InChI is InChI=1S/C27H29ClF4N6O4S/c1-26(2)10-7-16-13-19(4-6-22(16)42-26)43(39,40)38-11-8-17(9-12-38)33-23-35-24(34-18-3-5-21(29)20(28)14-18)37-25(36-23)41-15-27(30,31)32/h3-6,13-14,17H,7-12,15H2,1-2H3,(H2,33,34,35,36,37). The lowest BCUT2D eigenvalue weighted by atomic mass is 9.94. The maximum absolute atomic E-state index is 13.5. The molecule has 1 aromatic heterocycles. The molecule has 1 fully saturated rings. The minimum absolute atomic E-state index is 0.0817. The van der Waals surface area contributed by atoms with E-state index in [-0.39, 0.29) is 52.2 Å². The van der Waals surface area contributed by atoms with Crippen molar-refractivity contribution in [2.75, 3.05) is 30.3 Å². The first-order valence-corrected chi connectivity index (χ1v) is 15.3. The number of hydrogen-bond donors (Lipinski definition) is 2.